The van der Waals surface area contributed by atoms with Gasteiger partial charge in [0.1, 0.15) is 0 Å². The van der Waals surface area contributed by atoms with Gasteiger partial charge in [-0.3, -0.25) is 9.59 Å². The van der Waals surface area contributed by atoms with E-state index in [1.165, 1.54) is 16.9 Å². The van der Waals surface area contributed by atoms with Crippen molar-refractivity contribution in [3.8, 4) is 0 Å². The number of fused-ring (bicyclic) bond motifs is 1. The van der Waals surface area contributed by atoms with Crippen molar-refractivity contribution in [2.24, 2.45) is 5.92 Å². The molecule has 0 aromatic carbocycles. The lowest BCUT2D eigenvalue weighted by Gasteiger charge is -2.06. The first kappa shape index (κ1) is 14.1. The second-order valence-electron chi connectivity index (χ2n) is 5.05. The number of carboxylic acids is 1. The summed E-state index contributed by atoms with van der Waals surface area (Å²) in [6.07, 6.45) is 4.69. The Labute approximate surface area is 116 Å². The third-order valence-corrected chi connectivity index (χ3v) is 4.73. The quantitative estimate of drug-likeness (QED) is 0.787. The fourth-order valence-electron chi connectivity index (χ4n) is 2.26. The maximum Gasteiger partial charge on any atom is 0.306 e. The number of hydrogen-bond acceptors (Lipinski definition) is 3. The van der Waals surface area contributed by atoms with Crippen LogP contribution in [0.1, 0.15) is 46.3 Å². The Bertz CT molecular complexity index is 460. The van der Waals surface area contributed by atoms with Crippen LogP contribution in [-0.2, 0) is 17.6 Å². The van der Waals surface area contributed by atoms with Crippen LogP contribution in [0.2, 0.25) is 0 Å². The Morgan fingerprint density at radius 1 is 1.47 bits per heavy atom. The Morgan fingerprint density at radius 2 is 2.26 bits per heavy atom. The summed E-state index contributed by atoms with van der Waals surface area (Å²) in [6.45, 7) is 2.23. The second-order valence-corrected chi connectivity index (χ2v) is 6.19. The van der Waals surface area contributed by atoms with Crippen LogP contribution < -0.4 is 5.32 Å². The summed E-state index contributed by atoms with van der Waals surface area (Å²) in [4.78, 5) is 24.7. The van der Waals surface area contributed by atoms with Gasteiger partial charge in [0.25, 0.3) is 5.91 Å². The third-order valence-electron chi connectivity index (χ3n) is 3.49. The Hall–Kier alpha value is -1.36. The number of amides is 1. The van der Waals surface area contributed by atoms with Crippen molar-refractivity contribution in [1.29, 1.82) is 0 Å². The molecule has 0 saturated carbocycles. The lowest BCUT2D eigenvalue weighted by Crippen LogP contribution is -2.24. The zero-order chi connectivity index (χ0) is 13.8. The Kier molecular flexibility index (Phi) is 4.58. The van der Waals surface area contributed by atoms with E-state index in [4.69, 9.17) is 5.11 Å². The van der Waals surface area contributed by atoms with Gasteiger partial charge in [-0.2, -0.15) is 0 Å². The van der Waals surface area contributed by atoms with E-state index in [1.54, 1.807) is 18.3 Å². The van der Waals surface area contributed by atoms with E-state index in [2.05, 4.69) is 5.32 Å². The highest BCUT2D eigenvalue weighted by molar-refractivity contribution is 7.14. The number of hydrogen-bond donors (Lipinski definition) is 2. The number of aryl methyl sites for hydroxylation is 2. The van der Waals surface area contributed by atoms with Crippen molar-refractivity contribution in [1.82, 2.24) is 5.32 Å². The summed E-state index contributed by atoms with van der Waals surface area (Å²) < 4.78 is 0. The molecule has 19 heavy (non-hydrogen) atoms. The number of carbonyl (C=O) groups excluding carboxylic acids is 1. The van der Waals surface area contributed by atoms with Gasteiger partial charge in [-0.15, -0.1) is 11.3 Å². The van der Waals surface area contributed by atoms with Crippen molar-refractivity contribution in [2.75, 3.05) is 6.54 Å². The molecule has 0 saturated heterocycles. The lowest BCUT2D eigenvalue weighted by atomic mass is 10.1. The Morgan fingerprint density at radius 3 is 2.95 bits per heavy atom. The van der Waals surface area contributed by atoms with E-state index in [9.17, 15) is 9.59 Å². The van der Waals surface area contributed by atoms with E-state index in [-0.39, 0.29) is 11.8 Å². The molecule has 1 aliphatic rings. The van der Waals surface area contributed by atoms with Gasteiger partial charge in [-0.25, -0.2) is 0 Å². The molecule has 1 aromatic rings. The Balaban J connectivity index is 1.74. The molecule has 1 unspecified atom stereocenters. The molecule has 1 atom stereocenters. The van der Waals surface area contributed by atoms with Crippen LogP contribution in [0.15, 0.2) is 6.07 Å². The second kappa shape index (κ2) is 6.19. The van der Waals surface area contributed by atoms with Crippen LogP contribution in [0.5, 0.6) is 0 Å². The summed E-state index contributed by atoms with van der Waals surface area (Å²) in [5.41, 5.74) is 1.33. The molecule has 1 aliphatic carbocycles. The van der Waals surface area contributed by atoms with Crippen LogP contribution >= 0.6 is 11.3 Å². The molecular formula is C14H19NO3S. The highest BCUT2D eigenvalue weighted by Crippen LogP contribution is 2.30. The van der Waals surface area contributed by atoms with Crippen LogP contribution in [0.25, 0.3) is 0 Å². The third kappa shape index (κ3) is 3.56. The van der Waals surface area contributed by atoms with Crippen LogP contribution in [0.3, 0.4) is 0 Å². The number of carboxylic acid groups (broad SMARTS) is 1. The fraction of sp³-hybridized carbons (Fsp3) is 0.571. The number of carbonyl (C=O) groups is 2. The van der Waals surface area contributed by atoms with Gasteiger partial charge >= 0.3 is 5.97 Å². The maximum atomic E-state index is 11.9. The molecule has 4 nitrogen and oxygen atoms in total. The van der Waals surface area contributed by atoms with Gasteiger partial charge in [0.05, 0.1) is 10.8 Å². The van der Waals surface area contributed by atoms with Crippen molar-refractivity contribution >= 4 is 23.2 Å². The molecule has 104 valence electrons. The largest absolute Gasteiger partial charge is 0.481 e. The van der Waals surface area contributed by atoms with Gasteiger partial charge in [-0.1, -0.05) is 6.92 Å². The molecule has 0 spiro atoms. The predicted octanol–water partition coefficient (Wildman–Crippen LogP) is 2.47. The lowest BCUT2D eigenvalue weighted by molar-refractivity contribution is -0.141. The minimum atomic E-state index is -0.777. The summed E-state index contributed by atoms with van der Waals surface area (Å²) in [5.74, 6) is -1.15. The molecule has 5 heteroatoms. The average Bonchev–Trinajstić information content (AvgIpc) is 2.94. The smallest absolute Gasteiger partial charge is 0.306 e. The van der Waals surface area contributed by atoms with Crippen molar-refractivity contribution in [2.45, 2.75) is 39.0 Å². The summed E-state index contributed by atoms with van der Waals surface area (Å²) in [5, 5.41) is 11.6. The zero-order valence-electron chi connectivity index (χ0n) is 11.1. The minimum Gasteiger partial charge on any atom is -0.481 e. The first-order chi connectivity index (χ1) is 9.08. The molecule has 2 N–H and O–H groups in total. The standard InChI is InChI=1S/C14H19NO3S/c1-9(14(17)18)4-3-7-15-13(16)12-8-10-5-2-6-11(10)19-12/h8-9H,2-7H2,1H3,(H,15,16)(H,17,18). The number of nitrogens with one attached hydrogen (secondary N) is 1. The van der Waals surface area contributed by atoms with E-state index in [0.717, 1.165) is 17.7 Å². The molecule has 1 amide bonds. The van der Waals surface area contributed by atoms with Crippen LogP contribution in [0, 0.1) is 5.92 Å². The zero-order valence-corrected chi connectivity index (χ0v) is 11.9. The molecular weight excluding hydrogens is 262 g/mol. The monoisotopic (exact) mass is 281 g/mol. The number of thiophene rings is 1. The number of rotatable bonds is 6. The topological polar surface area (TPSA) is 66.4 Å². The average molecular weight is 281 g/mol. The molecule has 0 fully saturated rings. The first-order valence-electron chi connectivity index (χ1n) is 6.70. The van der Waals surface area contributed by atoms with E-state index >= 15 is 0 Å². The van der Waals surface area contributed by atoms with Gasteiger partial charge in [0, 0.05) is 11.4 Å². The van der Waals surface area contributed by atoms with Gasteiger partial charge in [0.15, 0.2) is 0 Å². The van der Waals surface area contributed by atoms with Gasteiger partial charge in [-0.05, 0) is 43.7 Å². The highest BCUT2D eigenvalue weighted by atomic mass is 32.1. The van der Waals surface area contributed by atoms with Crippen LogP contribution in [0.4, 0.5) is 0 Å². The van der Waals surface area contributed by atoms with Crippen LogP contribution in [-0.4, -0.2) is 23.5 Å². The van der Waals surface area contributed by atoms with Gasteiger partial charge in [0.2, 0.25) is 0 Å². The van der Waals surface area contributed by atoms with Crippen molar-refractivity contribution < 1.29 is 14.7 Å². The highest BCUT2D eigenvalue weighted by Gasteiger charge is 2.18. The fourth-order valence-corrected chi connectivity index (χ4v) is 3.43. The van der Waals surface area contributed by atoms with Crippen molar-refractivity contribution in [3.05, 3.63) is 21.4 Å². The molecule has 0 aliphatic heterocycles. The SMILES string of the molecule is CC(CCCNC(=O)c1cc2c(s1)CCC2)C(=O)O. The van der Waals surface area contributed by atoms with E-state index in [1.807, 2.05) is 6.07 Å². The minimum absolute atomic E-state index is 0.0256. The molecule has 0 bridgehead atoms. The molecule has 1 heterocycles. The first-order valence-corrected chi connectivity index (χ1v) is 7.52. The molecule has 1 aromatic heterocycles. The van der Waals surface area contributed by atoms with E-state index in [0.29, 0.717) is 19.4 Å². The number of aliphatic carboxylic acids is 1. The van der Waals surface area contributed by atoms with Gasteiger partial charge < -0.3 is 10.4 Å². The summed E-state index contributed by atoms with van der Waals surface area (Å²) in [7, 11) is 0. The molecule has 2 rings (SSSR count). The van der Waals surface area contributed by atoms with E-state index < -0.39 is 5.97 Å². The maximum absolute atomic E-state index is 11.9. The normalized spacial score (nSPS) is 15.0. The summed E-state index contributed by atoms with van der Waals surface area (Å²) >= 11 is 1.59. The molecule has 0 radical (unpaired) electrons. The van der Waals surface area contributed by atoms with Crippen molar-refractivity contribution in [3.63, 3.8) is 0 Å². The summed E-state index contributed by atoms with van der Waals surface area (Å²) in [6, 6.07) is 2.00. The predicted molar refractivity (Wildman–Crippen MR) is 74.7 cm³/mol.